The van der Waals surface area contributed by atoms with Gasteiger partial charge < -0.3 is 0 Å². The highest BCUT2D eigenvalue weighted by Crippen LogP contribution is 2.22. The lowest BCUT2D eigenvalue weighted by Crippen LogP contribution is -2.36. The lowest BCUT2D eigenvalue weighted by Gasteiger charge is -2.24. The van der Waals surface area contributed by atoms with Crippen LogP contribution in [0.4, 0.5) is 5.82 Å². The third kappa shape index (κ3) is 1.71. The number of carbonyl (C=O) groups is 1. The van der Waals surface area contributed by atoms with Crippen LogP contribution in [-0.2, 0) is 11.8 Å². The molecule has 5 heteroatoms. The topological polar surface area (TPSA) is 61.9 Å². The Kier molecular flexibility index (Phi) is 2.42. The van der Waals surface area contributed by atoms with E-state index in [0.29, 0.717) is 24.3 Å². The molecule has 2 heterocycles. The highest BCUT2D eigenvalue weighted by Gasteiger charge is 2.24. The zero-order valence-electron chi connectivity index (χ0n) is 8.60. The van der Waals surface area contributed by atoms with Crippen LogP contribution in [-0.4, -0.2) is 22.2 Å². The summed E-state index contributed by atoms with van der Waals surface area (Å²) in [5.74, 6) is 0.571. The van der Waals surface area contributed by atoms with E-state index in [2.05, 4.69) is 11.2 Å². The zero-order chi connectivity index (χ0) is 10.8. The fourth-order valence-corrected chi connectivity index (χ4v) is 1.78. The number of nitrogens with zero attached hydrogens (tertiary/aromatic N) is 4. The number of aromatic nitrogens is 2. The van der Waals surface area contributed by atoms with Gasteiger partial charge in [-0.1, -0.05) is 0 Å². The first-order chi connectivity index (χ1) is 7.22. The molecule has 78 valence electrons. The first-order valence-corrected chi connectivity index (χ1v) is 4.96. The normalized spacial score (nSPS) is 16.5. The van der Waals surface area contributed by atoms with E-state index in [-0.39, 0.29) is 5.91 Å². The van der Waals surface area contributed by atoms with E-state index >= 15 is 0 Å². The van der Waals surface area contributed by atoms with Gasteiger partial charge in [0.1, 0.15) is 11.6 Å². The third-order valence-corrected chi connectivity index (χ3v) is 2.51. The van der Waals surface area contributed by atoms with Crippen molar-refractivity contribution in [1.29, 1.82) is 5.26 Å². The van der Waals surface area contributed by atoms with E-state index in [4.69, 9.17) is 5.26 Å². The quantitative estimate of drug-likeness (QED) is 0.680. The van der Waals surface area contributed by atoms with Crippen molar-refractivity contribution in [3.8, 4) is 6.07 Å². The third-order valence-electron chi connectivity index (χ3n) is 2.51. The second-order valence-corrected chi connectivity index (χ2v) is 3.65. The molecule has 0 aromatic carbocycles. The molecule has 0 atom stereocenters. The molecule has 0 saturated carbocycles. The van der Waals surface area contributed by atoms with Crippen LogP contribution in [0.2, 0.25) is 0 Å². The lowest BCUT2D eigenvalue weighted by molar-refractivity contribution is -0.119. The van der Waals surface area contributed by atoms with Gasteiger partial charge in [0, 0.05) is 26.2 Å². The second-order valence-electron chi connectivity index (χ2n) is 3.65. The minimum atomic E-state index is 0.0662. The maximum Gasteiger partial charge on any atom is 0.228 e. The summed E-state index contributed by atoms with van der Waals surface area (Å²) < 4.78 is 1.57. The van der Waals surface area contributed by atoms with Crippen molar-refractivity contribution in [1.82, 2.24) is 9.78 Å². The number of piperidine rings is 1. The molecule has 0 bridgehead atoms. The fourth-order valence-electron chi connectivity index (χ4n) is 1.78. The molecule has 0 radical (unpaired) electrons. The zero-order valence-corrected chi connectivity index (χ0v) is 8.60. The largest absolute Gasteiger partial charge is 0.294 e. The van der Waals surface area contributed by atoms with Crippen LogP contribution in [0.5, 0.6) is 0 Å². The second kappa shape index (κ2) is 3.73. The Hall–Kier alpha value is -1.83. The molecule has 5 nitrogen and oxygen atoms in total. The molecule has 0 unspecified atom stereocenters. The Morgan fingerprint density at radius 1 is 1.53 bits per heavy atom. The minimum Gasteiger partial charge on any atom is -0.294 e. The first-order valence-electron chi connectivity index (χ1n) is 4.96. The summed E-state index contributed by atoms with van der Waals surface area (Å²) in [5, 5.41) is 13.1. The van der Waals surface area contributed by atoms with Crippen molar-refractivity contribution in [2.24, 2.45) is 7.05 Å². The Balaban J connectivity index is 2.35. The van der Waals surface area contributed by atoms with Crippen LogP contribution in [0.15, 0.2) is 6.20 Å². The monoisotopic (exact) mass is 204 g/mol. The molecule has 0 aliphatic carbocycles. The summed E-state index contributed by atoms with van der Waals surface area (Å²) in [4.78, 5) is 13.3. The highest BCUT2D eigenvalue weighted by molar-refractivity contribution is 5.94. The van der Waals surface area contributed by atoms with E-state index < -0.39 is 0 Å². The molecule has 1 fully saturated rings. The minimum absolute atomic E-state index is 0.0662. The molecule has 1 aliphatic rings. The number of rotatable bonds is 1. The van der Waals surface area contributed by atoms with Crippen molar-refractivity contribution >= 4 is 11.7 Å². The summed E-state index contributed by atoms with van der Waals surface area (Å²) in [6, 6.07) is 2.06. The van der Waals surface area contributed by atoms with E-state index in [1.54, 1.807) is 22.8 Å². The van der Waals surface area contributed by atoms with Gasteiger partial charge in [0.05, 0.1) is 0 Å². The van der Waals surface area contributed by atoms with Gasteiger partial charge in [-0.3, -0.25) is 14.4 Å². The maximum atomic E-state index is 11.6. The van der Waals surface area contributed by atoms with Crippen molar-refractivity contribution in [2.45, 2.75) is 19.3 Å². The molecule has 1 amide bonds. The van der Waals surface area contributed by atoms with E-state index in [0.717, 1.165) is 12.8 Å². The van der Waals surface area contributed by atoms with Crippen LogP contribution in [0.3, 0.4) is 0 Å². The predicted octanol–water partition coefficient (Wildman–Crippen LogP) is 0.809. The fraction of sp³-hybridized carbons (Fsp3) is 0.500. The van der Waals surface area contributed by atoms with Gasteiger partial charge >= 0.3 is 0 Å². The molecule has 1 aromatic rings. The molecule has 0 spiro atoms. The maximum absolute atomic E-state index is 11.6. The average molecular weight is 204 g/mol. The SMILES string of the molecule is Cn1cc(C#N)c(N2CCCCC2=O)n1. The molecular formula is C10H12N4O. The van der Waals surface area contributed by atoms with E-state index in [1.807, 2.05) is 0 Å². The van der Waals surface area contributed by atoms with Crippen molar-refractivity contribution in [3.05, 3.63) is 11.8 Å². The number of hydrogen-bond donors (Lipinski definition) is 0. The van der Waals surface area contributed by atoms with Crippen LogP contribution in [0.25, 0.3) is 0 Å². The lowest BCUT2D eigenvalue weighted by atomic mass is 10.1. The standard InChI is InChI=1S/C10H12N4O/c1-13-7-8(6-11)10(12-13)14-5-3-2-4-9(14)15/h7H,2-5H2,1H3. The average Bonchev–Trinajstić information content (AvgIpc) is 2.60. The Labute approximate surface area is 87.9 Å². The highest BCUT2D eigenvalue weighted by atomic mass is 16.2. The summed E-state index contributed by atoms with van der Waals surface area (Å²) in [7, 11) is 1.75. The van der Waals surface area contributed by atoms with Gasteiger partial charge in [-0.2, -0.15) is 10.4 Å². The van der Waals surface area contributed by atoms with Crippen LogP contribution in [0, 0.1) is 11.3 Å². The van der Waals surface area contributed by atoms with Crippen LogP contribution in [0.1, 0.15) is 24.8 Å². The molecule has 15 heavy (non-hydrogen) atoms. The summed E-state index contributed by atoms with van der Waals surface area (Å²) in [6.07, 6.45) is 4.11. The van der Waals surface area contributed by atoms with E-state index in [1.165, 1.54) is 0 Å². The number of hydrogen-bond acceptors (Lipinski definition) is 3. The van der Waals surface area contributed by atoms with Crippen molar-refractivity contribution < 1.29 is 4.79 Å². The van der Waals surface area contributed by atoms with Crippen molar-refractivity contribution in [2.75, 3.05) is 11.4 Å². The number of amides is 1. The Morgan fingerprint density at radius 2 is 2.33 bits per heavy atom. The number of anilines is 1. The molecule has 1 aliphatic heterocycles. The van der Waals surface area contributed by atoms with Gasteiger partial charge in [0.25, 0.3) is 0 Å². The van der Waals surface area contributed by atoms with Gasteiger partial charge in [0.15, 0.2) is 5.82 Å². The smallest absolute Gasteiger partial charge is 0.228 e. The molecule has 2 rings (SSSR count). The summed E-state index contributed by atoms with van der Waals surface area (Å²) >= 11 is 0. The summed E-state index contributed by atoms with van der Waals surface area (Å²) in [6.45, 7) is 0.671. The first kappa shape index (κ1) is 9.71. The number of carbonyl (C=O) groups excluding carboxylic acids is 1. The summed E-state index contributed by atoms with van der Waals surface area (Å²) in [5.41, 5.74) is 0.466. The van der Waals surface area contributed by atoms with E-state index in [9.17, 15) is 4.79 Å². The van der Waals surface area contributed by atoms with Crippen LogP contribution >= 0.6 is 0 Å². The molecule has 1 aromatic heterocycles. The van der Waals surface area contributed by atoms with Crippen LogP contribution < -0.4 is 4.90 Å². The molecule has 1 saturated heterocycles. The van der Waals surface area contributed by atoms with Gasteiger partial charge in [-0.05, 0) is 12.8 Å². The van der Waals surface area contributed by atoms with Gasteiger partial charge in [-0.15, -0.1) is 0 Å². The van der Waals surface area contributed by atoms with Gasteiger partial charge in [-0.25, -0.2) is 0 Å². The number of aryl methyl sites for hydroxylation is 1. The molecular weight excluding hydrogens is 192 g/mol. The van der Waals surface area contributed by atoms with Crippen molar-refractivity contribution in [3.63, 3.8) is 0 Å². The number of nitriles is 1. The van der Waals surface area contributed by atoms with Gasteiger partial charge in [0.2, 0.25) is 5.91 Å². The predicted molar refractivity (Wildman–Crippen MR) is 54.1 cm³/mol. The Morgan fingerprint density at radius 3 is 3.00 bits per heavy atom. The Bertz CT molecular complexity index is 429. The molecule has 0 N–H and O–H groups in total.